The second-order valence-corrected chi connectivity index (χ2v) is 7.01. The number of imide groups is 1. The van der Waals surface area contributed by atoms with Crippen LogP contribution in [0.15, 0.2) is 66.0 Å². The Morgan fingerprint density at radius 1 is 1.07 bits per heavy atom. The van der Waals surface area contributed by atoms with Crippen LogP contribution in [0.5, 0.6) is 0 Å². The van der Waals surface area contributed by atoms with Crippen LogP contribution in [0.4, 0.5) is 5.69 Å². The van der Waals surface area contributed by atoms with Crippen molar-refractivity contribution in [2.75, 3.05) is 11.4 Å². The van der Waals surface area contributed by atoms with E-state index in [1.807, 2.05) is 18.3 Å². The summed E-state index contributed by atoms with van der Waals surface area (Å²) in [7, 11) is 0. The molecule has 3 aromatic rings. The van der Waals surface area contributed by atoms with Crippen molar-refractivity contribution < 1.29 is 9.59 Å². The van der Waals surface area contributed by atoms with Gasteiger partial charge >= 0.3 is 0 Å². The number of amides is 2. The van der Waals surface area contributed by atoms with Gasteiger partial charge in [0, 0.05) is 36.9 Å². The van der Waals surface area contributed by atoms with Gasteiger partial charge < -0.3 is 4.90 Å². The minimum Gasteiger partial charge on any atom is -0.345 e. The fourth-order valence-corrected chi connectivity index (χ4v) is 4.23. The van der Waals surface area contributed by atoms with E-state index in [1.54, 1.807) is 35.4 Å². The molecule has 0 fully saturated rings. The number of aliphatic imine (C=N–C) groups is 1. The summed E-state index contributed by atoms with van der Waals surface area (Å²) >= 11 is 0. The first kappa shape index (κ1) is 15.9. The number of hydrogen-bond donors (Lipinski definition) is 1. The lowest BCUT2D eigenvalue weighted by molar-refractivity contribution is -0.123. The molecule has 0 atom stereocenters. The van der Waals surface area contributed by atoms with Gasteiger partial charge in [-0.1, -0.05) is 18.2 Å². The monoisotopic (exact) mass is 382 g/mol. The maximum Gasteiger partial charge on any atom is 0.261 e. The number of anilines is 1. The molecule has 8 heteroatoms. The lowest BCUT2D eigenvalue weighted by Crippen LogP contribution is -2.25. The number of nitrogens with zero attached hydrogens (tertiary/aromatic N) is 5. The van der Waals surface area contributed by atoms with E-state index < -0.39 is 11.8 Å². The van der Waals surface area contributed by atoms with Crippen LogP contribution < -0.4 is 10.2 Å². The van der Waals surface area contributed by atoms with Crippen molar-refractivity contribution in [1.29, 1.82) is 0 Å². The molecule has 3 aliphatic heterocycles. The van der Waals surface area contributed by atoms with Gasteiger partial charge in [-0.15, -0.1) is 0 Å². The van der Waals surface area contributed by atoms with Crippen molar-refractivity contribution in [2.24, 2.45) is 4.99 Å². The number of rotatable bonds is 2. The molecule has 0 bridgehead atoms. The average Bonchev–Trinajstić information content (AvgIpc) is 3.37. The van der Waals surface area contributed by atoms with Crippen molar-refractivity contribution in [3.8, 4) is 0 Å². The zero-order chi connectivity index (χ0) is 19.5. The highest BCUT2D eigenvalue weighted by Gasteiger charge is 2.38. The van der Waals surface area contributed by atoms with E-state index in [0.717, 1.165) is 24.2 Å². The van der Waals surface area contributed by atoms with Crippen molar-refractivity contribution in [1.82, 2.24) is 19.7 Å². The van der Waals surface area contributed by atoms with Gasteiger partial charge in [0.2, 0.25) is 0 Å². The van der Waals surface area contributed by atoms with Crippen LogP contribution in [0.25, 0.3) is 11.2 Å². The topological polar surface area (TPSA) is 92.0 Å². The molecule has 1 aromatic carbocycles. The summed E-state index contributed by atoms with van der Waals surface area (Å²) in [4.78, 5) is 40.8. The standard InChI is InChI=1S/C21H14N6O2/c28-20-16(14-10-24-15-11-22-5-9-27(14)15)17(21(29)25-20)18-13-3-1-2-12-4-7-26(19(12)13)8-6-23-18/h1-3,5-6,8-11H,4,7H2,(H,25,28,29). The van der Waals surface area contributed by atoms with Gasteiger partial charge in [0.15, 0.2) is 5.65 Å². The molecule has 0 aliphatic carbocycles. The average molecular weight is 382 g/mol. The highest BCUT2D eigenvalue weighted by Crippen LogP contribution is 2.37. The van der Waals surface area contributed by atoms with Crippen LogP contribution in [0.2, 0.25) is 0 Å². The summed E-state index contributed by atoms with van der Waals surface area (Å²) < 4.78 is 1.75. The molecule has 0 saturated heterocycles. The number of benzene rings is 1. The van der Waals surface area contributed by atoms with Crippen LogP contribution >= 0.6 is 0 Å². The van der Waals surface area contributed by atoms with E-state index in [-0.39, 0.29) is 11.1 Å². The maximum absolute atomic E-state index is 12.9. The van der Waals surface area contributed by atoms with Gasteiger partial charge in [0.25, 0.3) is 11.8 Å². The van der Waals surface area contributed by atoms with Crippen molar-refractivity contribution in [3.05, 3.63) is 77.8 Å². The number of carbonyl (C=O) groups is 2. The molecule has 0 unspecified atom stereocenters. The second kappa shape index (κ2) is 5.71. The molecular weight excluding hydrogens is 368 g/mol. The van der Waals surface area contributed by atoms with Crippen molar-refractivity contribution in [2.45, 2.75) is 6.42 Å². The van der Waals surface area contributed by atoms with Crippen LogP contribution in [0.3, 0.4) is 0 Å². The Morgan fingerprint density at radius 3 is 2.90 bits per heavy atom. The zero-order valence-electron chi connectivity index (χ0n) is 15.2. The Kier molecular flexibility index (Phi) is 3.14. The summed E-state index contributed by atoms with van der Waals surface area (Å²) in [5, 5.41) is 2.43. The number of para-hydroxylation sites is 1. The minimum absolute atomic E-state index is 0.264. The fourth-order valence-electron chi connectivity index (χ4n) is 4.23. The first-order valence-electron chi connectivity index (χ1n) is 9.23. The van der Waals surface area contributed by atoms with E-state index in [0.29, 0.717) is 17.1 Å². The third-order valence-electron chi connectivity index (χ3n) is 5.48. The molecule has 6 rings (SSSR count). The number of imidazole rings is 1. The summed E-state index contributed by atoms with van der Waals surface area (Å²) in [6.45, 7) is 0.864. The van der Waals surface area contributed by atoms with Gasteiger partial charge in [-0.2, -0.15) is 0 Å². The molecule has 1 N–H and O–H groups in total. The van der Waals surface area contributed by atoms with E-state index in [1.165, 1.54) is 5.56 Å². The Bertz CT molecular complexity index is 1330. The third-order valence-corrected chi connectivity index (χ3v) is 5.48. The van der Waals surface area contributed by atoms with Crippen LogP contribution in [0, 0.1) is 0 Å². The van der Waals surface area contributed by atoms with Crippen molar-refractivity contribution in [3.63, 3.8) is 0 Å². The van der Waals surface area contributed by atoms with E-state index in [9.17, 15) is 9.59 Å². The zero-order valence-corrected chi connectivity index (χ0v) is 15.2. The molecule has 2 amide bonds. The molecule has 3 aliphatic rings. The molecule has 0 radical (unpaired) electrons. The smallest absolute Gasteiger partial charge is 0.261 e. The van der Waals surface area contributed by atoms with Gasteiger partial charge in [0.05, 0.1) is 40.6 Å². The van der Waals surface area contributed by atoms with Gasteiger partial charge in [-0.25, -0.2) is 4.98 Å². The predicted octanol–water partition coefficient (Wildman–Crippen LogP) is 1.48. The Labute approximate surface area is 164 Å². The highest BCUT2D eigenvalue weighted by molar-refractivity contribution is 6.47. The SMILES string of the molecule is O=C1NC(=O)C(c2cnc3cnccn23)=C1C1=NC=CN2CCc3cccc1c32. The number of hydrogen-bond acceptors (Lipinski definition) is 6. The lowest BCUT2D eigenvalue weighted by atomic mass is 9.94. The van der Waals surface area contributed by atoms with Crippen LogP contribution in [0.1, 0.15) is 16.8 Å². The van der Waals surface area contributed by atoms with Gasteiger partial charge in [0.1, 0.15) is 0 Å². The molecule has 2 aromatic heterocycles. The minimum atomic E-state index is -0.455. The molecule has 0 saturated carbocycles. The Morgan fingerprint density at radius 2 is 1.97 bits per heavy atom. The Balaban J connectivity index is 1.64. The summed E-state index contributed by atoms with van der Waals surface area (Å²) in [6.07, 6.45) is 11.0. The fraction of sp³-hybridized carbons (Fsp3) is 0.0952. The van der Waals surface area contributed by atoms with Crippen molar-refractivity contribution >= 4 is 34.4 Å². The quantitative estimate of drug-likeness (QED) is 0.678. The van der Waals surface area contributed by atoms with E-state index >= 15 is 0 Å². The summed E-state index contributed by atoms with van der Waals surface area (Å²) in [5.41, 5.74) is 5.24. The normalized spacial score (nSPS) is 17.7. The molecular formula is C21H14N6O2. The number of aromatic nitrogens is 3. The van der Waals surface area contributed by atoms with Gasteiger partial charge in [-0.05, 0) is 12.0 Å². The highest BCUT2D eigenvalue weighted by atomic mass is 16.2. The lowest BCUT2D eigenvalue weighted by Gasteiger charge is -2.17. The third kappa shape index (κ3) is 2.16. The van der Waals surface area contributed by atoms with Crippen LogP contribution in [-0.2, 0) is 16.0 Å². The second-order valence-electron chi connectivity index (χ2n) is 7.01. The molecule has 8 nitrogen and oxygen atoms in total. The molecule has 5 heterocycles. The first-order valence-corrected chi connectivity index (χ1v) is 9.23. The molecule has 140 valence electrons. The van der Waals surface area contributed by atoms with E-state index in [4.69, 9.17) is 0 Å². The van der Waals surface area contributed by atoms with Crippen LogP contribution in [-0.4, -0.2) is 38.4 Å². The first-order chi connectivity index (χ1) is 14.2. The molecule has 0 spiro atoms. The van der Waals surface area contributed by atoms with Gasteiger partial charge in [-0.3, -0.25) is 29.3 Å². The largest absolute Gasteiger partial charge is 0.345 e. The Hall–Kier alpha value is -4.07. The predicted molar refractivity (Wildman–Crippen MR) is 106 cm³/mol. The maximum atomic E-state index is 12.9. The molecule has 29 heavy (non-hydrogen) atoms. The number of fused-ring (bicyclic) bond motifs is 1. The number of nitrogens with one attached hydrogen (secondary N) is 1. The summed E-state index contributed by atoms with van der Waals surface area (Å²) in [5.74, 6) is -0.908. The summed E-state index contributed by atoms with van der Waals surface area (Å²) in [6, 6.07) is 6.00. The van der Waals surface area contributed by atoms with E-state index in [2.05, 4.69) is 31.2 Å². The number of carbonyl (C=O) groups excluding carboxylic acids is 2.